The maximum absolute atomic E-state index is 2.51. The van der Waals surface area contributed by atoms with Crippen LogP contribution in [0.15, 0.2) is 0 Å². The zero-order valence-electron chi connectivity index (χ0n) is 14.3. The number of rotatable bonds is 8. The molecule has 0 spiro atoms. The average Bonchev–Trinajstić information content (AvgIpc) is 2.24. The molecular formula is C18H37. The van der Waals surface area contributed by atoms with Gasteiger partial charge in [0.15, 0.2) is 0 Å². The molecule has 0 saturated heterocycles. The molecule has 0 bridgehead atoms. The molecule has 0 aliphatic rings. The molecule has 0 aliphatic carbocycles. The molecule has 1 radical (unpaired) electrons. The molecule has 1 atom stereocenters. The molecule has 0 rings (SSSR count). The molecule has 109 valence electrons. The van der Waals surface area contributed by atoms with E-state index in [1.165, 1.54) is 38.5 Å². The lowest BCUT2D eigenvalue weighted by molar-refractivity contribution is 0.192. The quantitative estimate of drug-likeness (QED) is 0.425. The van der Waals surface area contributed by atoms with E-state index in [1.54, 1.807) is 5.92 Å². The molecule has 18 heavy (non-hydrogen) atoms. The monoisotopic (exact) mass is 253 g/mol. The Labute approximate surface area is 117 Å². The molecule has 0 aromatic heterocycles. The molecule has 0 nitrogen and oxygen atoms in total. The van der Waals surface area contributed by atoms with Gasteiger partial charge in [0.1, 0.15) is 0 Å². The Morgan fingerprint density at radius 3 is 1.89 bits per heavy atom. The van der Waals surface area contributed by atoms with Crippen molar-refractivity contribution in [1.29, 1.82) is 0 Å². The van der Waals surface area contributed by atoms with Crippen LogP contribution in [0.2, 0.25) is 0 Å². The summed E-state index contributed by atoms with van der Waals surface area (Å²) in [5, 5.41) is 0. The third-order valence-corrected chi connectivity index (χ3v) is 4.64. The summed E-state index contributed by atoms with van der Waals surface area (Å²) in [5.41, 5.74) is 0.787. The molecule has 0 heterocycles. The van der Waals surface area contributed by atoms with Crippen molar-refractivity contribution in [3.8, 4) is 0 Å². The molecular weight excluding hydrogens is 216 g/mol. The predicted molar refractivity (Wildman–Crippen MR) is 84.7 cm³/mol. The van der Waals surface area contributed by atoms with Crippen LogP contribution < -0.4 is 0 Å². The Morgan fingerprint density at radius 2 is 1.50 bits per heavy atom. The third kappa shape index (κ3) is 6.25. The Kier molecular flexibility index (Phi) is 7.56. The van der Waals surface area contributed by atoms with E-state index in [9.17, 15) is 0 Å². The van der Waals surface area contributed by atoms with Crippen molar-refractivity contribution in [2.75, 3.05) is 0 Å². The molecule has 0 fully saturated rings. The van der Waals surface area contributed by atoms with Gasteiger partial charge in [0, 0.05) is 0 Å². The van der Waals surface area contributed by atoms with E-state index in [4.69, 9.17) is 0 Å². The van der Waals surface area contributed by atoms with E-state index in [2.05, 4.69) is 55.4 Å². The van der Waals surface area contributed by atoms with Crippen LogP contribution in [0.3, 0.4) is 0 Å². The predicted octanol–water partition coefficient (Wildman–Crippen LogP) is 6.65. The topological polar surface area (TPSA) is 0 Å². The van der Waals surface area contributed by atoms with Crippen molar-refractivity contribution in [3.05, 3.63) is 5.92 Å². The van der Waals surface area contributed by atoms with Crippen molar-refractivity contribution in [2.45, 2.75) is 93.9 Å². The van der Waals surface area contributed by atoms with E-state index in [1.807, 2.05) is 0 Å². The van der Waals surface area contributed by atoms with Crippen molar-refractivity contribution in [2.24, 2.45) is 16.7 Å². The highest BCUT2D eigenvalue weighted by Crippen LogP contribution is 2.48. The van der Waals surface area contributed by atoms with Crippen LogP contribution in [-0.4, -0.2) is 0 Å². The fraction of sp³-hybridized carbons (Fsp3) is 0.944. The highest BCUT2D eigenvalue weighted by Gasteiger charge is 2.37. The highest BCUT2D eigenvalue weighted by molar-refractivity contribution is 5.08. The zero-order valence-corrected chi connectivity index (χ0v) is 14.3. The van der Waals surface area contributed by atoms with E-state index in [0.29, 0.717) is 10.8 Å². The van der Waals surface area contributed by atoms with Crippen molar-refractivity contribution in [1.82, 2.24) is 0 Å². The van der Waals surface area contributed by atoms with Gasteiger partial charge in [-0.05, 0) is 35.5 Å². The van der Waals surface area contributed by atoms with Crippen LogP contribution in [-0.2, 0) is 0 Å². The van der Waals surface area contributed by atoms with Crippen LogP contribution in [0.5, 0.6) is 0 Å². The van der Waals surface area contributed by atoms with Crippen molar-refractivity contribution in [3.63, 3.8) is 0 Å². The largest absolute Gasteiger partial charge is 0.0654 e. The number of hydrogen-bond donors (Lipinski definition) is 0. The lowest BCUT2D eigenvalue weighted by Gasteiger charge is -2.43. The minimum absolute atomic E-state index is 0.345. The van der Waals surface area contributed by atoms with Gasteiger partial charge in [-0.25, -0.2) is 0 Å². The van der Waals surface area contributed by atoms with E-state index >= 15 is 0 Å². The maximum Gasteiger partial charge on any atom is -0.0159 e. The van der Waals surface area contributed by atoms with Gasteiger partial charge in [-0.15, -0.1) is 0 Å². The Hall–Kier alpha value is 0. The summed E-state index contributed by atoms with van der Waals surface area (Å²) in [7, 11) is 0. The lowest BCUT2D eigenvalue weighted by Crippen LogP contribution is -2.33. The van der Waals surface area contributed by atoms with Gasteiger partial charge in [0.25, 0.3) is 0 Å². The third-order valence-electron chi connectivity index (χ3n) is 4.64. The second-order valence-corrected chi connectivity index (χ2v) is 7.83. The summed E-state index contributed by atoms with van der Waals surface area (Å²) in [4.78, 5) is 0. The van der Waals surface area contributed by atoms with Crippen LogP contribution in [0.4, 0.5) is 0 Å². The molecule has 0 aromatic rings. The lowest BCUT2D eigenvalue weighted by atomic mass is 9.61. The maximum atomic E-state index is 2.51. The average molecular weight is 253 g/mol. The van der Waals surface area contributed by atoms with Crippen LogP contribution >= 0.6 is 0 Å². The van der Waals surface area contributed by atoms with Crippen LogP contribution in [0.25, 0.3) is 0 Å². The smallest absolute Gasteiger partial charge is 0.0159 e. The summed E-state index contributed by atoms with van der Waals surface area (Å²) in [6.07, 6.45) is 8.19. The fourth-order valence-corrected chi connectivity index (χ4v) is 2.78. The number of hydrogen-bond acceptors (Lipinski definition) is 0. The van der Waals surface area contributed by atoms with Gasteiger partial charge in [0.05, 0.1) is 0 Å². The first-order chi connectivity index (χ1) is 8.13. The van der Waals surface area contributed by atoms with Gasteiger partial charge in [0.2, 0.25) is 0 Å². The number of unbranched alkanes of at least 4 members (excludes halogenated alkanes) is 2. The highest BCUT2D eigenvalue weighted by atomic mass is 14.4. The fourth-order valence-electron chi connectivity index (χ4n) is 2.78. The summed E-state index contributed by atoms with van der Waals surface area (Å²) >= 11 is 0. The minimum Gasteiger partial charge on any atom is -0.0654 e. The first-order valence-corrected chi connectivity index (χ1v) is 7.98. The molecule has 0 heteroatoms. The summed E-state index contributed by atoms with van der Waals surface area (Å²) in [6.45, 7) is 19.0. The van der Waals surface area contributed by atoms with E-state index in [-0.39, 0.29) is 0 Å². The van der Waals surface area contributed by atoms with Gasteiger partial charge >= 0.3 is 0 Å². The Bertz CT molecular complexity index is 209. The molecule has 0 aromatic carbocycles. The van der Waals surface area contributed by atoms with Crippen LogP contribution in [0.1, 0.15) is 93.9 Å². The summed E-state index contributed by atoms with van der Waals surface area (Å²) < 4.78 is 0. The van der Waals surface area contributed by atoms with Crippen molar-refractivity contribution >= 4 is 0 Å². The normalized spacial score (nSPS) is 16.3. The van der Waals surface area contributed by atoms with Gasteiger partial charge in [-0.2, -0.15) is 0 Å². The molecule has 0 amide bonds. The second-order valence-electron chi connectivity index (χ2n) is 7.83. The summed E-state index contributed by atoms with van der Waals surface area (Å²) in [6, 6.07) is 0. The van der Waals surface area contributed by atoms with Crippen LogP contribution in [0, 0.1) is 22.7 Å². The van der Waals surface area contributed by atoms with E-state index in [0.717, 1.165) is 5.92 Å². The summed E-state index contributed by atoms with van der Waals surface area (Å²) in [5.74, 6) is 2.52. The first-order valence-electron chi connectivity index (χ1n) is 7.98. The molecule has 0 N–H and O–H groups in total. The standard InChI is InChI=1S/C18H37/c1-9-10-11-13-18(8,14-12-15(2)3)16(4)17(5,6)7/h15H,9-14H2,1-8H3. The van der Waals surface area contributed by atoms with Crippen molar-refractivity contribution < 1.29 is 0 Å². The first kappa shape index (κ1) is 18.0. The molecule has 0 aliphatic heterocycles. The van der Waals surface area contributed by atoms with Gasteiger partial charge in [-0.3, -0.25) is 0 Å². The second kappa shape index (κ2) is 7.56. The van der Waals surface area contributed by atoms with Gasteiger partial charge < -0.3 is 0 Å². The van der Waals surface area contributed by atoms with E-state index < -0.39 is 0 Å². The minimum atomic E-state index is 0.345. The Morgan fingerprint density at radius 1 is 0.944 bits per heavy atom. The molecule has 0 saturated carbocycles. The SMILES string of the molecule is CCCCCC(C)(CCC(C)C)[C](C)C(C)(C)C. The Balaban J connectivity index is 4.67. The zero-order chi connectivity index (χ0) is 14.4. The molecule has 1 unspecified atom stereocenters. The van der Waals surface area contributed by atoms with Gasteiger partial charge in [-0.1, -0.05) is 81.1 Å².